The molecule has 0 fully saturated rings. The van der Waals surface area contributed by atoms with Gasteiger partial charge in [0.15, 0.2) is 0 Å². The van der Waals surface area contributed by atoms with Gasteiger partial charge in [0.05, 0.1) is 5.69 Å². The molecule has 6 heteroatoms. The molecule has 0 aliphatic heterocycles. The number of aromatic nitrogens is 2. The molecule has 68 valence electrons. The first kappa shape index (κ1) is 9.18. The van der Waals surface area contributed by atoms with Crippen molar-refractivity contribution in [1.29, 1.82) is 0 Å². The van der Waals surface area contributed by atoms with Gasteiger partial charge in [-0.1, -0.05) is 6.92 Å². The fourth-order valence-electron chi connectivity index (χ4n) is 0.961. The Morgan fingerprint density at radius 1 is 1.67 bits per heavy atom. The second kappa shape index (κ2) is 2.85. The Labute approximate surface area is 70.2 Å². The highest BCUT2D eigenvalue weighted by molar-refractivity contribution is 7.86. The quantitative estimate of drug-likeness (QED) is 0.646. The van der Waals surface area contributed by atoms with Crippen LogP contribution < -0.4 is 0 Å². The molecule has 0 spiro atoms. The van der Waals surface area contributed by atoms with Gasteiger partial charge in [-0.15, -0.1) is 3.89 Å². The van der Waals surface area contributed by atoms with E-state index in [-0.39, 0.29) is 10.6 Å². The fourth-order valence-corrected chi connectivity index (χ4v) is 1.71. The second-order valence-electron chi connectivity index (χ2n) is 2.41. The number of aryl methyl sites for hydroxylation is 2. The molecule has 0 bridgehead atoms. The number of hydrogen-bond acceptors (Lipinski definition) is 3. The Kier molecular flexibility index (Phi) is 2.18. The molecule has 1 aromatic rings. The predicted molar refractivity (Wildman–Crippen MR) is 40.9 cm³/mol. The van der Waals surface area contributed by atoms with Crippen LogP contribution in [0.25, 0.3) is 0 Å². The van der Waals surface area contributed by atoms with Crippen molar-refractivity contribution in [3.05, 3.63) is 11.9 Å². The van der Waals surface area contributed by atoms with Gasteiger partial charge in [-0.25, -0.2) is 0 Å². The van der Waals surface area contributed by atoms with Crippen molar-refractivity contribution in [3.63, 3.8) is 0 Å². The van der Waals surface area contributed by atoms with E-state index in [0.29, 0.717) is 6.42 Å². The third-order valence-corrected chi connectivity index (χ3v) is 2.33. The summed E-state index contributed by atoms with van der Waals surface area (Å²) in [5.41, 5.74) is 0.264. The number of halogens is 1. The molecule has 0 aliphatic carbocycles. The van der Waals surface area contributed by atoms with Crippen LogP contribution >= 0.6 is 0 Å². The van der Waals surface area contributed by atoms with E-state index in [1.165, 1.54) is 4.68 Å². The summed E-state index contributed by atoms with van der Waals surface area (Å²) in [6, 6.07) is 0. The van der Waals surface area contributed by atoms with Crippen molar-refractivity contribution in [2.75, 3.05) is 0 Å². The van der Waals surface area contributed by atoms with Crippen molar-refractivity contribution in [3.8, 4) is 0 Å². The Hall–Kier alpha value is -0.910. The zero-order valence-corrected chi connectivity index (χ0v) is 7.60. The highest BCUT2D eigenvalue weighted by atomic mass is 32.3. The normalized spacial score (nSPS) is 11.9. The van der Waals surface area contributed by atoms with Crippen LogP contribution in [-0.2, 0) is 23.7 Å². The summed E-state index contributed by atoms with van der Waals surface area (Å²) in [5.74, 6) is 0. The summed E-state index contributed by atoms with van der Waals surface area (Å²) in [5, 5.41) is 3.79. The summed E-state index contributed by atoms with van der Waals surface area (Å²) < 4.78 is 34.8. The first-order valence-electron chi connectivity index (χ1n) is 3.42. The van der Waals surface area contributed by atoms with Crippen LogP contribution in [0.4, 0.5) is 3.89 Å². The molecule has 1 rings (SSSR count). The highest BCUT2D eigenvalue weighted by Crippen LogP contribution is 2.16. The van der Waals surface area contributed by atoms with Crippen molar-refractivity contribution in [1.82, 2.24) is 9.78 Å². The van der Waals surface area contributed by atoms with E-state index in [2.05, 4.69) is 5.10 Å². The van der Waals surface area contributed by atoms with E-state index >= 15 is 0 Å². The monoisotopic (exact) mass is 192 g/mol. The zero-order valence-electron chi connectivity index (χ0n) is 6.78. The average molecular weight is 192 g/mol. The van der Waals surface area contributed by atoms with Crippen LogP contribution in [0, 0.1) is 0 Å². The van der Waals surface area contributed by atoms with Crippen LogP contribution in [0.15, 0.2) is 11.1 Å². The molecule has 0 aromatic carbocycles. The minimum atomic E-state index is -4.61. The van der Waals surface area contributed by atoms with Gasteiger partial charge < -0.3 is 0 Å². The van der Waals surface area contributed by atoms with E-state index < -0.39 is 10.2 Å². The Morgan fingerprint density at radius 3 is 2.58 bits per heavy atom. The molecule has 0 amide bonds. The van der Waals surface area contributed by atoms with Crippen LogP contribution in [0.2, 0.25) is 0 Å². The van der Waals surface area contributed by atoms with E-state index in [0.717, 1.165) is 6.20 Å². The molecule has 0 saturated carbocycles. The summed E-state index contributed by atoms with van der Waals surface area (Å²) in [7, 11) is -3.06. The topological polar surface area (TPSA) is 52.0 Å². The molecule has 0 saturated heterocycles. The lowest BCUT2D eigenvalue weighted by molar-refractivity contribution is 0.551. The molecule has 0 atom stereocenters. The molecule has 0 N–H and O–H groups in total. The van der Waals surface area contributed by atoms with Crippen molar-refractivity contribution < 1.29 is 12.3 Å². The first-order valence-corrected chi connectivity index (χ1v) is 4.80. The minimum Gasteiger partial charge on any atom is -0.274 e. The third kappa shape index (κ3) is 1.63. The zero-order chi connectivity index (χ0) is 9.35. The van der Waals surface area contributed by atoms with Gasteiger partial charge in [0, 0.05) is 13.2 Å². The lowest BCUT2D eigenvalue weighted by atomic mass is 10.3. The maximum absolute atomic E-state index is 12.5. The van der Waals surface area contributed by atoms with Gasteiger partial charge in [-0.05, 0) is 6.42 Å². The van der Waals surface area contributed by atoms with Crippen molar-refractivity contribution in [2.24, 2.45) is 7.05 Å². The third-order valence-electron chi connectivity index (χ3n) is 1.46. The maximum Gasteiger partial charge on any atom is 0.335 e. The van der Waals surface area contributed by atoms with Crippen LogP contribution in [0.3, 0.4) is 0 Å². The largest absolute Gasteiger partial charge is 0.335 e. The summed E-state index contributed by atoms with van der Waals surface area (Å²) in [6.45, 7) is 1.72. The fraction of sp³-hybridized carbons (Fsp3) is 0.500. The minimum absolute atomic E-state index is 0.264. The van der Waals surface area contributed by atoms with Gasteiger partial charge in [0.25, 0.3) is 0 Å². The first-order chi connectivity index (χ1) is 5.45. The predicted octanol–water partition coefficient (Wildman–Crippen LogP) is 0.641. The van der Waals surface area contributed by atoms with E-state index in [9.17, 15) is 12.3 Å². The summed E-state index contributed by atoms with van der Waals surface area (Å²) in [4.78, 5) is -0.326. The standard InChI is InChI=1S/C6H9FN2O2S/c1-3-5-6(12(7,10)11)4-9(2)8-5/h4H,3H2,1-2H3. The molecule has 4 nitrogen and oxygen atoms in total. The van der Waals surface area contributed by atoms with Crippen LogP contribution in [0.1, 0.15) is 12.6 Å². The van der Waals surface area contributed by atoms with Crippen LogP contribution in [0.5, 0.6) is 0 Å². The number of rotatable bonds is 2. The van der Waals surface area contributed by atoms with E-state index in [1.54, 1.807) is 14.0 Å². The number of hydrogen-bond donors (Lipinski definition) is 0. The lowest BCUT2D eigenvalue weighted by Crippen LogP contribution is -1.94. The molecule has 1 aromatic heterocycles. The molecule has 0 radical (unpaired) electrons. The van der Waals surface area contributed by atoms with Crippen LogP contribution in [-0.4, -0.2) is 18.2 Å². The summed E-state index contributed by atoms with van der Waals surface area (Å²) in [6.07, 6.45) is 1.56. The highest BCUT2D eigenvalue weighted by Gasteiger charge is 2.19. The molecule has 12 heavy (non-hydrogen) atoms. The Bertz CT molecular complexity index is 382. The summed E-state index contributed by atoms with van der Waals surface area (Å²) >= 11 is 0. The van der Waals surface area contributed by atoms with Gasteiger partial charge in [-0.3, -0.25) is 4.68 Å². The van der Waals surface area contributed by atoms with Gasteiger partial charge in [-0.2, -0.15) is 13.5 Å². The molecule has 0 unspecified atom stereocenters. The Morgan fingerprint density at radius 2 is 2.25 bits per heavy atom. The van der Waals surface area contributed by atoms with E-state index in [4.69, 9.17) is 0 Å². The van der Waals surface area contributed by atoms with E-state index in [1.807, 2.05) is 0 Å². The van der Waals surface area contributed by atoms with Crippen molar-refractivity contribution >= 4 is 10.2 Å². The smallest absolute Gasteiger partial charge is 0.274 e. The van der Waals surface area contributed by atoms with Gasteiger partial charge >= 0.3 is 10.2 Å². The maximum atomic E-state index is 12.5. The van der Waals surface area contributed by atoms with Gasteiger partial charge in [0.2, 0.25) is 0 Å². The van der Waals surface area contributed by atoms with Gasteiger partial charge in [0.1, 0.15) is 4.90 Å². The molecule has 1 heterocycles. The lowest BCUT2D eigenvalue weighted by Gasteiger charge is -1.90. The average Bonchev–Trinajstić information content (AvgIpc) is 2.29. The Balaban J connectivity index is 3.33. The molecular formula is C6H9FN2O2S. The molecule has 0 aliphatic rings. The SMILES string of the molecule is CCc1nn(C)cc1S(=O)(=O)F. The second-order valence-corrected chi connectivity index (χ2v) is 3.72. The number of nitrogens with zero attached hydrogens (tertiary/aromatic N) is 2. The van der Waals surface area contributed by atoms with Crippen molar-refractivity contribution in [2.45, 2.75) is 18.2 Å². The molecular weight excluding hydrogens is 183 g/mol.